The van der Waals surface area contributed by atoms with Gasteiger partial charge in [0.25, 0.3) is 10.0 Å². The molecular weight excluding hydrogens is 280 g/mol. The van der Waals surface area contributed by atoms with E-state index in [9.17, 15) is 8.42 Å². The lowest BCUT2D eigenvalue weighted by Crippen LogP contribution is -2.44. The Morgan fingerprint density at radius 2 is 2.16 bits per heavy atom. The van der Waals surface area contributed by atoms with Gasteiger partial charge in [-0.1, -0.05) is 0 Å². The molecule has 0 aromatic carbocycles. The smallest absolute Gasteiger partial charge is 0.252 e. The molecular formula is C13H22N2O2S2. The average molecular weight is 302 g/mol. The van der Waals surface area contributed by atoms with Crippen molar-refractivity contribution in [2.45, 2.75) is 43.9 Å². The summed E-state index contributed by atoms with van der Waals surface area (Å²) in [5.41, 5.74) is 6.97. The molecule has 1 aromatic heterocycles. The van der Waals surface area contributed by atoms with Crippen molar-refractivity contribution in [1.29, 1.82) is 0 Å². The Morgan fingerprint density at radius 1 is 1.47 bits per heavy atom. The average Bonchev–Trinajstić information content (AvgIpc) is 2.70. The van der Waals surface area contributed by atoms with Crippen molar-refractivity contribution in [3.05, 3.63) is 16.5 Å². The van der Waals surface area contributed by atoms with Crippen molar-refractivity contribution >= 4 is 21.4 Å². The van der Waals surface area contributed by atoms with E-state index in [4.69, 9.17) is 5.73 Å². The summed E-state index contributed by atoms with van der Waals surface area (Å²) >= 11 is 1.36. The van der Waals surface area contributed by atoms with Gasteiger partial charge in [0.2, 0.25) is 0 Å². The second kappa shape index (κ2) is 5.52. The molecule has 0 amide bonds. The fourth-order valence-electron chi connectivity index (χ4n) is 2.42. The highest BCUT2D eigenvalue weighted by Gasteiger charge is 2.32. The molecule has 1 saturated heterocycles. The molecule has 2 atom stereocenters. The third-order valence-electron chi connectivity index (χ3n) is 3.90. The first-order valence-electron chi connectivity index (χ1n) is 6.65. The van der Waals surface area contributed by atoms with Crippen LogP contribution in [-0.4, -0.2) is 31.9 Å². The van der Waals surface area contributed by atoms with Crippen LogP contribution in [0.15, 0.2) is 10.3 Å². The predicted octanol–water partition coefficient (Wildman–Crippen LogP) is 2.11. The maximum atomic E-state index is 12.6. The number of nitrogens with two attached hydrogens (primary N) is 1. The number of rotatable bonds is 3. The molecule has 0 radical (unpaired) electrons. The monoisotopic (exact) mass is 302 g/mol. The van der Waals surface area contributed by atoms with Crippen LogP contribution in [0.4, 0.5) is 0 Å². The molecule has 1 aliphatic rings. The van der Waals surface area contributed by atoms with Gasteiger partial charge >= 0.3 is 0 Å². The topological polar surface area (TPSA) is 63.4 Å². The second-order valence-electron chi connectivity index (χ2n) is 5.43. The molecule has 0 spiro atoms. The summed E-state index contributed by atoms with van der Waals surface area (Å²) < 4.78 is 27.3. The SMILES string of the molecule is Cc1cc(S(=O)(=O)N2CCC[C@H]([C@H](C)N)C2)sc1C. The van der Waals surface area contributed by atoms with E-state index in [1.165, 1.54) is 11.3 Å². The highest BCUT2D eigenvalue weighted by Crippen LogP contribution is 2.30. The Morgan fingerprint density at radius 3 is 2.68 bits per heavy atom. The number of piperidine rings is 1. The van der Waals surface area contributed by atoms with Gasteiger partial charge in [-0.05, 0) is 51.2 Å². The second-order valence-corrected chi connectivity index (χ2v) is 8.85. The van der Waals surface area contributed by atoms with E-state index in [-0.39, 0.29) is 12.0 Å². The molecule has 0 aliphatic carbocycles. The Balaban J connectivity index is 2.24. The third-order valence-corrected chi connectivity index (χ3v) is 7.37. The van der Waals surface area contributed by atoms with E-state index in [0.29, 0.717) is 17.3 Å². The Labute approximate surface area is 119 Å². The third kappa shape index (κ3) is 3.02. The van der Waals surface area contributed by atoms with Gasteiger partial charge in [0.15, 0.2) is 0 Å². The van der Waals surface area contributed by atoms with Crippen molar-refractivity contribution in [3.63, 3.8) is 0 Å². The summed E-state index contributed by atoms with van der Waals surface area (Å²) in [6.07, 6.45) is 1.92. The number of nitrogens with zero attached hydrogens (tertiary/aromatic N) is 1. The Kier molecular flexibility index (Phi) is 4.35. The standard InChI is InChI=1S/C13H22N2O2S2/c1-9-7-13(18-11(9)3)19(16,17)15-6-4-5-12(8-15)10(2)14/h7,10,12H,4-6,8,14H2,1-3H3/t10-,12-/m0/s1. The van der Waals surface area contributed by atoms with E-state index in [1.807, 2.05) is 20.8 Å². The number of hydrogen-bond donors (Lipinski definition) is 1. The molecule has 108 valence electrons. The van der Waals surface area contributed by atoms with Gasteiger partial charge in [0.1, 0.15) is 4.21 Å². The van der Waals surface area contributed by atoms with Gasteiger partial charge in [-0.3, -0.25) is 0 Å². The first kappa shape index (κ1) is 15.0. The summed E-state index contributed by atoms with van der Waals surface area (Å²) in [6.45, 7) is 7.03. The van der Waals surface area contributed by atoms with Gasteiger partial charge in [-0.25, -0.2) is 8.42 Å². The molecule has 6 heteroatoms. The highest BCUT2D eigenvalue weighted by molar-refractivity contribution is 7.91. The molecule has 19 heavy (non-hydrogen) atoms. The fourth-order valence-corrected chi connectivity index (χ4v) is 5.62. The van der Waals surface area contributed by atoms with Gasteiger partial charge in [0, 0.05) is 24.0 Å². The van der Waals surface area contributed by atoms with Crippen LogP contribution >= 0.6 is 11.3 Å². The first-order valence-corrected chi connectivity index (χ1v) is 8.91. The van der Waals surface area contributed by atoms with Crippen LogP contribution in [0.3, 0.4) is 0 Å². The first-order chi connectivity index (χ1) is 8.82. The zero-order valence-electron chi connectivity index (χ0n) is 11.7. The largest absolute Gasteiger partial charge is 0.328 e. The van der Waals surface area contributed by atoms with Crippen LogP contribution < -0.4 is 5.73 Å². The zero-order chi connectivity index (χ0) is 14.2. The fraction of sp³-hybridized carbons (Fsp3) is 0.692. The van der Waals surface area contributed by atoms with Gasteiger partial charge < -0.3 is 5.73 Å². The number of hydrogen-bond acceptors (Lipinski definition) is 4. The minimum atomic E-state index is -3.33. The van der Waals surface area contributed by atoms with E-state index < -0.39 is 10.0 Å². The highest BCUT2D eigenvalue weighted by atomic mass is 32.2. The lowest BCUT2D eigenvalue weighted by molar-refractivity contribution is 0.243. The molecule has 0 bridgehead atoms. The summed E-state index contributed by atoms with van der Waals surface area (Å²) in [4.78, 5) is 1.07. The summed E-state index contributed by atoms with van der Waals surface area (Å²) in [5, 5.41) is 0. The van der Waals surface area contributed by atoms with E-state index >= 15 is 0 Å². The molecule has 2 N–H and O–H groups in total. The van der Waals surface area contributed by atoms with Crippen molar-refractivity contribution in [3.8, 4) is 0 Å². The molecule has 2 rings (SSSR count). The van der Waals surface area contributed by atoms with Gasteiger partial charge in [-0.15, -0.1) is 11.3 Å². The molecule has 2 heterocycles. The molecule has 1 aliphatic heterocycles. The zero-order valence-corrected chi connectivity index (χ0v) is 13.4. The van der Waals surface area contributed by atoms with Crippen LogP contribution in [0.5, 0.6) is 0 Å². The van der Waals surface area contributed by atoms with Crippen molar-refractivity contribution in [2.24, 2.45) is 11.7 Å². The van der Waals surface area contributed by atoms with E-state index in [2.05, 4.69) is 0 Å². The minimum Gasteiger partial charge on any atom is -0.328 e. The number of sulfonamides is 1. The van der Waals surface area contributed by atoms with E-state index in [0.717, 1.165) is 23.3 Å². The van der Waals surface area contributed by atoms with Crippen molar-refractivity contribution < 1.29 is 8.42 Å². The van der Waals surface area contributed by atoms with Gasteiger partial charge in [0.05, 0.1) is 0 Å². The van der Waals surface area contributed by atoms with Crippen LogP contribution in [0.1, 0.15) is 30.2 Å². The van der Waals surface area contributed by atoms with Crippen LogP contribution in [0.2, 0.25) is 0 Å². The quantitative estimate of drug-likeness (QED) is 0.930. The maximum absolute atomic E-state index is 12.6. The van der Waals surface area contributed by atoms with E-state index in [1.54, 1.807) is 10.4 Å². The van der Waals surface area contributed by atoms with Crippen molar-refractivity contribution in [1.82, 2.24) is 4.31 Å². The summed E-state index contributed by atoms with van der Waals surface area (Å²) in [7, 11) is -3.33. The van der Waals surface area contributed by atoms with Crippen LogP contribution in [-0.2, 0) is 10.0 Å². The molecule has 1 fully saturated rings. The van der Waals surface area contributed by atoms with Crippen LogP contribution in [0, 0.1) is 19.8 Å². The van der Waals surface area contributed by atoms with Crippen molar-refractivity contribution in [2.75, 3.05) is 13.1 Å². The van der Waals surface area contributed by atoms with Crippen LogP contribution in [0.25, 0.3) is 0 Å². The summed E-state index contributed by atoms with van der Waals surface area (Å²) in [6, 6.07) is 1.83. The Bertz CT molecular complexity index is 529. The number of aryl methyl sites for hydroxylation is 2. The minimum absolute atomic E-state index is 0.0461. The summed E-state index contributed by atoms with van der Waals surface area (Å²) in [5.74, 6) is 0.269. The predicted molar refractivity (Wildman–Crippen MR) is 78.9 cm³/mol. The number of thiophene rings is 1. The van der Waals surface area contributed by atoms with Gasteiger partial charge in [-0.2, -0.15) is 4.31 Å². The maximum Gasteiger partial charge on any atom is 0.252 e. The Hall–Kier alpha value is -0.430. The lowest BCUT2D eigenvalue weighted by Gasteiger charge is -2.33. The lowest BCUT2D eigenvalue weighted by atomic mass is 9.93. The molecule has 4 nitrogen and oxygen atoms in total. The molecule has 0 unspecified atom stereocenters. The normalized spacial score (nSPS) is 23.5. The molecule has 0 saturated carbocycles. The molecule has 1 aromatic rings.